The number of carboxylic acid groups (broad SMARTS) is 1. The predicted octanol–water partition coefficient (Wildman–Crippen LogP) is 1.92. The molecule has 0 radical (unpaired) electrons. The summed E-state index contributed by atoms with van der Waals surface area (Å²) in [5, 5.41) is 9.02. The van der Waals surface area contributed by atoms with Gasteiger partial charge in [0.1, 0.15) is 12.4 Å². The van der Waals surface area contributed by atoms with Gasteiger partial charge in [-0.3, -0.25) is 4.79 Å². The molecule has 1 N–H and O–H groups in total. The van der Waals surface area contributed by atoms with Gasteiger partial charge in [0.2, 0.25) is 0 Å². The van der Waals surface area contributed by atoms with Gasteiger partial charge < -0.3 is 19.6 Å². The zero-order chi connectivity index (χ0) is 16.0. The zero-order valence-electron chi connectivity index (χ0n) is 11.2. The summed E-state index contributed by atoms with van der Waals surface area (Å²) in [6.07, 6.45) is -1.09. The molecule has 1 fully saturated rings. The minimum atomic E-state index is -1.09. The molecule has 3 rings (SSSR count). The number of fused-ring (bicyclic) bond motifs is 2. The molecule has 0 spiro atoms. The lowest BCUT2D eigenvalue weighted by molar-refractivity contribution is 0.0388. The molecule has 0 bridgehead atoms. The molecule has 9 heteroatoms. The van der Waals surface area contributed by atoms with Gasteiger partial charge in [0.25, 0.3) is 5.91 Å². The van der Waals surface area contributed by atoms with Crippen molar-refractivity contribution < 1.29 is 28.2 Å². The van der Waals surface area contributed by atoms with Crippen molar-refractivity contribution in [3.05, 3.63) is 27.7 Å². The molecule has 118 valence electrons. The summed E-state index contributed by atoms with van der Waals surface area (Å²) in [6, 6.07) is 0.391. The lowest BCUT2D eigenvalue weighted by Crippen LogP contribution is -2.57. The first kappa shape index (κ1) is 15.0. The summed E-state index contributed by atoms with van der Waals surface area (Å²) >= 11 is 2.77. The predicted molar refractivity (Wildman–Crippen MR) is 74.0 cm³/mol. The molecule has 2 aliphatic rings. The normalized spacial score (nSPS) is 20.9. The van der Waals surface area contributed by atoms with Gasteiger partial charge in [-0.25, -0.2) is 13.6 Å². The molecule has 1 aromatic rings. The Morgan fingerprint density at radius 3 is 2.82 bits per heavy atom. The van der Waals surface area contributed by atoms with Crippen LogP contribution in [0.3, 0.4) is 0 Å². The molecule has 1 atom stereocenters. The Kier molecular flexibility index (Phi) is 3.67. The summed E-state index contributed by atoms with van der Waals surface area (Å²) in [5.74, 6) is -2.74. The summed E-state index contributed by atoms with van der Waals surface area (Å²) in [7, 11) is 0. The van der Waals surface area contributed by atoms with E-state index in [1.807, 2.05) is 0 Å². The number of rotatable bonds is 0. The molecule has 6 nitrogen and oxygen atoms in total. The van der Waals surface area contributed by atoms with E-state index in [4.69, 9.17) is 9.84 Å². The summed E-state index contributed by atoms with van der Waals surface area (Å²) in [6.45, 7) is 0.310. The highest BCUT2D eigenvalue weighted by molar-refractivity contribution is 9.10. The largest absolute Gasteiger partial charge is 0.487 e. The van der Waals surface area contributed by atoms with Crippen LogP contribution in [0.25, 0.3) is 0 Å². The Morgan fingerprint density at radius 1 is 1.41 bits per heavy atom. The Balaban J connectivity index is 1.98. The average molecular weight is 377 g/mol. The average Bonchev–Trinajstić information content (AvgIpc) is 2.63. The monoisotopic (exact) mass is 376 g/mol. The van der Waals surface area contributed by atoms with Gasteiger partial charge in [-0.15, -0.1) is 0 Å². The van der Waals surface area contributed by atoms with Crippen molar-refractivity contribution in [2.24, 2.45) is 0 Å². The number of carbonyl (C=O) groups is 2. The molecule has 1 aromatic carbocycles. The molecule has 0 saturated carbocycles. The van der Waals surface area contributed by atoms with Crippen LogP contribution in [0.1, 0.15) is 10.4 Å². The Labute approximate surface area is 132 Å². The fraction of sp³-hybridized carbons (Fsp3) is 0.385. The molecule has 2 aliphatic heterocycles. The number of halogens is 3. The topological polar surface area (TPSA) is 70.1 Å². The van der Waals surface area contributed by atoms with Gasteiger partial charge in [-0.1, -0.05) is 0 Å². The maximum Gasteiger partial charge on any atom is 0.407 e. The van der Waals surface area contributed by atoms with E-state index in [-0.39, 0.29) is 37.6 Å². The second kappa shape index (κ2) is 5.38. The van der Waals surface area contributed by atoms with Crippen molar-refractivity contribution >= 4 is 27.9 Å². The summed E-state index contributed by atoms with van der Waals surface area (Å²) < 4.78 is 32.7. The van der Waals surface area contributed by atoms with Crippen LogP contribution in [0.5, 0.6) is 5.75 Å². The van der Waals surface area contributed by atoms with Crippen molar-refractivity contribution in [2.75, 3.05) is 26.2 Å². The lowest BCUT2D eigenvalue weighted by Gasteiger charge is -2.38. The van der Waals surface area contributed by atoms with Crippen LogP contribution in [0.4, 0.5) is 13.6 Å². The maximum atomic E-state index is 14.1. The van der Waals surface area contributed by atoms with Gasteiger partial charge >= 0.3 is 6.09 Å². The fourth-order valence-electron chi connectivity index (χ4n) is 2.65. The molecule has 2 amide bonds. The first-order chi connectivity index (χ1) is 10.4. The van der Waals surface area contributed by atoms with E-state index in [2.05, 4.69) is 15.9 Å². The van der Waals surface area contributed by atoms with Crippen LogP contribution in [-0.2, 0) is 0 Å². The number of carbonyl (C=O) groups excluding carboxylic acids is 1. The van der Waals surface area contributed by atoms with Gasteiger partial charge in [-0.05, 0) is 22.0 Å². The van der Waals surface area contributed by atoms with Crippen molar-refractivity contribution in [1.29, 1.82) is 0 Å². The highest BCUT2D eigenvalue weighted by atomic mass is 79.9. The number of piperazine rings is 1. The van der Waals surface area contributed by atoms with Gasteiger partial charge in [0, 0.05) is 19.6 Å². The summed E-state index contributed by atoms with van der Waals surface area (Å²) in [4.78, 5) is 26.1. The number of nitrogens with zero attached hydrogens (tertiary/aromatic N) is 2. The molecular weight excluding hydrogens is 366 g/mol. The minimum Gasteiger partial charge on any atom is -0.487 e. The molecule has 0 unspecified atom stereocenters. The van der Waals surface area contributed by atoms with Crippen LogP contribution in [0.2, 0.25) is 0 Å². The van der Waals surface area contributed by atoms with E-state index in [1.165, 1.54) is 9.80 Å². The maximum absolute atomic E-state index is 14.1. The number of hydrogen-bond donors (Lipinski definition) is 1. The Bertz CT molecular complexity index is 670. The van der Waals surface area contributed by atoms with Crippen LogP contribution in [-0.4, -0.2) is 59.2 Å². The van der Waals surface area contributed by atoms with Crippen molar-refractivity contribution in [3.8, 4) is 5.75 Å². The van der Waals surface area contributed by atoms with Gasteiger partial charge in [0.05, 0.1) is 16.1 Å². The standard InChI is InChI=1S/C13H11BrF2N2O4/c14-9-8(15)3-7-11(10(9)16)22-5-6-4-17(13(20)21)1-2-18(6)12(7)19/h3,6H,1-2,4-5H2,(H,20,21)/t6-/m1/s1. The number of amides is 2. The number of hydrogen-bond acceptors (Lipinski definition) is 3. The zero-order valence-corrected chi connectivity index (χ0v) is 12.8. The van der Waals surface area contributed by atoms with Crippen LogP contribution in [0.15, 0.2) is 10.5 Å². The van der Waals surface area contributed by atoms with Crippen molar-refractivity contribution in [1.82, 2.24) is 9.80 Å². The van der Waals surface area contributed by atoms with Crippen molar-refractivity contribution in [3.63, 3.8) is 0 Å². The summed E-state index contributed by atoms with van der Waals surface area (Å²) in [5.41, 5.74) is -0.190. The van der Waals surface area contributed by atoms with E-state index < -0.39 is 34.1 Å². The third-order valence-corrected chi connectivity index (χ3v) is 4.51. The first-order valence-electron chi connectivity index (χ1n) is 6.49. The number of ether oxygens (including phenoxy) is 1. The van der Waals surface area contributed by atoms with Gasteiger partial charge in [-0.2, -0.15) is 0 Å². The Morgan fingerprint density at radius 2 is 2.14 bits per heavy atom. The Hall–Kier alpha value is -1.90. The van der Waals surface area contributed by atoms with E-state index in [0.717, 1.165) is 6.07 Å². The van der Waals surface area contributed by atoms with E-state index in [9.17, 15) is 18.4 Å². The van der Waals surface area contributed by atoms with Crippen LogP contribution < -0.4 is 4.74 Å². The first-order valence-corrected chi connectivity index (χ1v) is 7.28. The van der Waals surface area contributed by atoms with E-state index in [1.54, 1.807) is 0 Å². The molecule has 0 aromatic heterocycles. The van der Waals surface area contributed by atoms with E-state index in [0.29, 0.717) is 0 Å². The molecule has 1 saturated heterocycles. The molecular formula is C13H11BrF2N2O4. The highest BCUT2D eigenvalue weighted by Gasteiger charge is 2.38. The fourth-order valence-corrected chi connectivity index (χ4v) is 2.95. The molecule has 0 aliphatic carbocycles. The molecule has 22 heavy (non-hydrogen) atoms. The third kappa shape index (κ3) is 2.29. The number of benzene rings is 1. The van der Waals surface area contributed by atoms with Crippen molar-refractivity contribution in [2.45, 2.75) is 6.04 Å². The second-order valence-corrected chi connectivity index (χ2v) is 5.85. The lowest BCUT2D eigenvalue weighted by atomic mass is 10.1. The molecule has 2 heterocycles. The van der Waals surface area contributed by atoms with Crippen LogP contribution in [0, 0.1) is 11.6 Å². The minimum absolute atomic E-state index is 0.0580. The second-order valence-electron chi connectivity index (χ2n) is 5.06. The SMILES string of the molecule is O=C(O)N1CCN2C(=O)c3cc(F)c(Br)c(F)c3OC[C@H]2C1. The van der Waals surface area contributed by atoms with Crippen LogP contribution >= 0.6 is 15.9 Å². The van der Waals surface area contributed by atoms with Gasteiger partial charge in [0.15, 0.2) is 11.6 Å². The highest BCUT2D eigenvalue weighted by Crippen LogP contribution is 2.35. The smallest absolute Gasteiger partial charge is 0.407 e. The third-order valence-electron chi connectivity index (χ3n) is 3.78. The van der Waals surface area contributed by atoms with E-state index >= 15 is 0 Å². The quantitative estimate of drug-likeness (QED) is 0.702.